The number of amides is 1. The molecule has 0 spiro atoms. The first-order valence-corrected chi connectivity index (χ1v) is 6.04. The van der Waals surface area contributed by atoms with Crippen LogP contribution in [-0.2, 0) is 0 Å². The van der Waals surface area contributed by atoms with Gasteiger partial charge >= 0.3 is 0 Å². The van der Waals surface area contributed by atoms with Gasteiger partial charge in [-0.25, -0.2) is 4.39 Å². The lowest BCUT2D eigenvalue weighted by Gasteiger charge is -2.08. The number of carbonyl (C=O) groups excluding carboxylic acids is 1. The van der Waals surface area contributed by atoms with Crippen LogP contribution in [0.5, 0.6) is 0 Å². The summed E-state index contributed by atoms with van der Waals surface area (Å²) in [5, 5.41) is 2.93. The molecule has 98 valence electrons. The highest BCUT2D eigenvalue weighted by Gasteiger charge is 2.11. The van der Waals surface area contributed by atoms with Crippen molar-refractivity contribution in [1.82, 2.24) is 0 Å². The van der Waals surface area contributed by atoms with Crippen LogP contribution in [0.2, 0.25) is 10.0 Å². The number of hydrogen-bond acceptors (Lipinski definition) is 2. The zero-order valence-corrected chi connectivity index (χ0v) is 11.1. The third-order valence-corrected chi connectivity index (χ3v) is 2.89. The molecular weight excluding hydrogens is 290 g/mol. The number of carbonyl (C=O) groups is 1. The van der Waals surface area contributed by atoms with E-state index in [1.54, 1.807) is 6.07 Å². The highest BCUT2D eigenvalue weighted by molar-refractivity contribution is 6.34. The minimum Gasteiger partial charge on any atom is -0.399 e. The van der Waals surface area contributed by atoms with E-state index in [4.69, 9.17) is 28.9 Å². The van der Waals surface area contributed by atoms with E-state index in [0.717, 1.165) is 12.1 Å². The number of nitrogens with one attached hydrogen (secondary N) is 1. The lowest BCUT2D eigenvalue weighted by Crippen LogP contribution is -2.12. The summed E-state index contributed by atoms with van der Waals surface area (Å²) in [4.78, 5) is 12.0. The summed E-state index contributed by atoms with van der Waals surface area (Å²) in [5.74, 6) is -1.00. The molecule has 3 nitrogen and oxygen atoms in total. The number of rotatable bonds is 2. The monoisotopic (exact) mass is 298 g/mol. The Balaban J connectivity index is 2.25. The maximum absolute atomic E-state index is 13.1. The van der Waals surface area contributed by atoms with E-state index in [9.17, 15) is 9.18 Å². The van der Waals surface area contributed by atoms with Gasteiger partial charge in [-0.3, -0.25) is 4.79 Å². The molecule has 0 unspecified atom stereocenters. The van der Waals surface area contributed by atoms with Gasteiger partial charge in [0.15, 0.2) is 0 Å². The summed E-state index contributed by atoms with van der Waals surface area (Å²) in [6.07, 6.45) is 0. The van der Waals surface area contributed by atoms with Gasteiger partial charge in [-0.05, 0) is 36.4 Å². The predicted molar refractivity (Wildman–Crippen MR) is 75.2 cm³/mol. The van der Waals surface area contributed by atoms with Crippen LogP contribution in [0.4, 0.5) is 15.8 Å². The number of nitrogen functional groups attached to an aromatic ring is 1. The van der Waals surface area contributed by atoms with Crippen molar-refractivity contribution in [2.75, 3.05) is 11.1 Å². The number of hydrogen-bond donors (Lipinski definition) is 2. The Morgan fingerprint density at radius 3 is 2.53 bits per heavy atom. The second-order valence-electron chi connectivity index (χ2n) is 3.85. The highest BCUT2D eigenvalue weighted by atomic mass is 35.5. The molecule has 0 aliphatic heterocycles. The van der Waals surface area contributed by atoms with E-state index < -0.39 is 11.7 Å². The first kappa shape index (κ1) is 13.6. The zero-order valence-electron chi connectivity index (χ0n) is 9.58. The Morgan fingerprint density at radius 2 is 1.89 bits per heavy atom. The van der Waals surface area contributed by atoms with Gasteiger partial charge in [-0.1, -0.05) is 23.2 Å². The van der Waals surface area contributed by atoms with Crippen molar-refractivity contribution in [3.8, 4) is 0 Å². The third-order valence-electron chi connectivity index (χ3n) is 2.36. The fraction of sp³-hybridized carbons (Fsp3) is 0. The predicted octanol–water partition coefficient (Wildman–Crippen LogP) is 3.97. The normalized spacial score (nSPS) is 10.3. The molecule has 1 amide bonds. The van der Waals surface area contributed by atoms with E-state index in [1.807, 2.05) is 0 Å². The fourth-order valence-electron chi connectivity index (χ4n) is 1.54. The third kappa shape index (κ3) is 3.36. The fourth-order valence-corrected chi connectivity index (χ4v) is 2.04. The van der Waals surface area contributed by atoms with Crippen LogP contribution in [0, 0.1) is 5.82 Å². The lowest BCUT2D eigenvalue weighted by atomic mass is 10.2. The average molecular weight is 299 g/mol. The zero-order chi connectivity index (χ0) is 14.0. The van der Waals surface area contributed by atoms with Gasteiger partial charge < -0.3 is 11.1 Å². The van der Waals surface area contributed by atoms with Gasteiger partial charge in [0.05, 0.1) is 10.6 Å². The van der Waals surface area contributed by atoms with Crippen molar-refractivity contribution in [3.05, 3.63) is 57.8 Å². The first-order chi connectivity index (χ1) is 8.95. The Hall–Kier alpha value is -1.78. The highest BCUT2D eigenvalue weighted by Crippen LogP contribution is 2.22. The smallest absolute Gasteiger partial charge is 0.257 e. The van der Waals surface area contributed by atoms with Gasteiger partial charge in [0, 0.05) is 16.4 Å². The molecule has 0 heterocycles. The SMILES string of the molecule is Nc1ccc(C(=O)Nc2cc(F)cc(Cl)c2)c(Cl)c1. The molecule has 2 aromatic carbocycles. The van der Waals surface area contributed by atoms with Crippen LogP contribution in [0.15, 0.2) is 36.4 Å². The molecule has 0 saturated heterocycles. The molecule has 0 aliphatic carbocycles. The topological polar surface area (TPSA) is 55.1 Å². The van der Waals surface area contributed by atoms with Crippen molar-refractivity contribution in [2.24, 2.45) is 0 Å². The van der Waals surface area contributed by atoms with Crippen LogP contribution in [0.1, 0.15) is 10.4 Å². The summed E-state index contributed by atoms with van der Waals surface area (Å²) in [7, 11) is 0. The number of halogens is 3. The molecule has 19 heavy (non-hydrogen) atoms. The molecule has 0 atom stereocenters. The van der Waals surface area contributed by atoms with Gasteiger partial charge in [0.2, 0.25) is 0 Å². The van der Waals surface area contributed by atoms with Crippen LogP contribution in [0.25, 0.3) is 0 Å². The maximum atomic E-state index is 13.1. The van der Waals surface area contributed by atoms with E-state index >= 15 is 0 Å². The summed E-state index contributed by atoms with van der Waals surface area (Å²) in [6.45, 7) is 0. The van der Waals surface area contributed by atoms with Gasteiger partial charge in [0.1, 0.15) is 5.82 Å². The standard InChI is InChI=1S/C13H9Cl2FN2O/c14-7-3-8(16)5-10(4-7)18-13(19)11-2-1-9(17)6-12(11)15/h1-6H,17H2,(H,18,19). The van der Waals surface area contributed by atoms with E-state index in [-0.39, 0.29) is 21.3 Å². The molecule has 0 aromatic heterocycles. The largest absolute Gasteiger partial charge is 0.399 e. The Bertz CT molecular complexity index is 626. The average Bonchev–Trinajstić information content (AvgIpc) is 2.26. The lowest BCUT2D eigenvalue weighted by molar-refractivity contribution is 0.102. The Kier molecular flexibility index (Phi) is 3.93. The molecule has 3 N–H and O–H groups in total. The molecule has 0 fully saturated rings. The summed E-state index contributed by atoms with van der Waals surface area (Å²) in [6, 6.07) is 8.26. The molecule has 0 bridgehead atoms. The van der Waals surface area contributed by atoms with Gasteiger partial charge in [0.25, 0.3) is 5.91 Å². The molecule has 0 saturated carbocycles. The second kappa shape index (κ2) is 5.47. The van der Waals surface area contributed by atoms with Gasteiger partial charge in [-0.15, -0.1) is 0 Å². The van der Waals surface area contributed by atoms with Gasteiger partial charge in [-0.2, -0.15) is 0 Å². The van der Waals surface area contributed by atoms with Crippen LogP contribution >= 0.6 is 23.2 Å². The summed E-state index contributed by atoms with van der Waals surface area (Å²) < 4.78 is 13.1. The van der Waals surface area contributed by atoms with Crippen molar-refractivity contribution in [3.63, 3.8) is 0 Å². The number of anilines is 2. The molecule has 0 aliphatic rings. The minimum atomic E-state index is -0.536. The van der Waals surface area contributed by atoms with Crippen molar-refractivity contribution >= 4 is 40.5 Å². The summed E-state index contributed by atoms with van der Waals surface area (Å²) >= 11 is 11.6. The number of nitrogens with two attached hydrogens (primary N) is 1. The van der Waals surface area contributed by atoms with Crippen molar-refractivity contribution < 1.29 is 9.18 Å². The van der Waals surface area contributed by atoms with Crippen LogP contribution in [0.3, 0.4) is 0 Å². The first-order valence-electron chi connectivity index (χ1n) is 5.28. The van der Waals surface area contributed by atoms with E-state index in [2.05, 4.69) is 5.32 Å². The van der Waals surface area contributed by atoms with Crippen molar-refractivity contribution in [1.29, 1.82) is 0 Å². The van der Waals surface area contributed by atoms with Crippen LogP contribution < -0.4 is 11.1 Å². The molecular formula is C13H9Cl2FN2O. The minimum absolute atomic E-state index is 0.193. The molecule has 2 aromatic rings. The van der Waals surface area contributed by atoms with E-state index in [0.29, 0.717) is 5.69 Å². The van der Waals surface area contributed by atoms with Crippen LogP contribution in [-0.4, -0.2) is 5.91 Å². The molecule has 2 rings (SSSR count). The number of benzene rings is 2. The maximum Gasteiger partial charge on any atom is 0.257 e. The Morgan fingerprint density at radius 1 is 1.16 bits per heavy atom. The molecule has 0 radical (unpaired) electrons. The summed E-state index contributed by atoms with van der Waals surface area (Å²) in [5.41, 5.74) is 6.49. The van der Waals surface area contributed by atoms with Crippen molar-refractivity contribution in [2.45, 2.75) is 0 Å². The van der Waals surface area contributed by atoms with E-state index in [1.165, 1.54) is 18.2 Å². The quantitative estimate of drug-likeness (QED) is 0.824. The Labute approximate surface area is 119 Å². The second-order valence-corrected chi connectivity index (χ2v) is 4.70. The molecule has 6 heteroatoms.